The van der Waals surface area contributed by atoms with Gasteiger partial charge in [-0.1, -0.05) is 13.8 Å². The Hall–Kier alpha value is -1.00. The van der Waals surface area contributed by atoms with Crippen molar-refractivity contribution >= 4 is 0 Å². The van der Waals surface area contributed by atoms with Gasteiger partial charge in [0.1, 0.15) is 6.33 Å². The van der Waals surface area contributed by atoms with E-state index in [0.29, 0.717) is 0 Å². The zero-order valence-electron chi connectivity index (χ0n) is 10.1. The minimum Gasteiger partial charge on any atom is -0.380 e. The topological polar surface area (TPSA) is 47.0 Å². The summed E-state index contributed by atoms with van der Waals surface area (Å²) in [6.07, 6.45) is 6.31. The Kier molecular flexibility index (Phi) is 6.69. The summed E-state index contributed by atoms with van der Waals surface area (Å²) in [4.78, 5) is 7.90. The highest BCUT2D eigenvalue weighted by atomic mass is 16.5. The van der Waals surface area contributed by atoms with Crippen LogP contribution in [-0.2, 0) is 11.3 Å². The number of nitrogens with one attached hydrogen (secondary N) is 1. The fraction of sp³-hybridized carbons (Fsp3) is 0.667. The summed E-state index contributed by atoms with van der Waals surface area (Å²) < 4.78 is 5.49. The first-order valence-corrected chi connectivity index (χ1v) is 5.81. The van der Waals surface area contributed by atoms with Crippen LogP contribution in [-0.4, -0.2) is 29.7 Å². The van der Waals surface area contributed by atoms with Gasteiger partial charge in [-0.05, 0) is 12.3 Å². The maximum absolute atomic E-state index is 5.49. The van der Waals surface area contributed by atoms with E-state index in [1.54, 1.807) is 6.33 Å². The fourth-order valence-corrected chi connectivity index (χ4v) is 1.22. The molecule has 0 bridgehead atoms. The number of ether oxygens (including phenoxy) is 1. The second-order valence-corrected chi connectivity index (χ2v) is 4.22. The molecule has 90 valence electrons. The fourth-order valence-electron chi connectivity index (χ4n) is 1.22. The molecule has 0 unspecified atom stereocenters. The molecule has 0 aliphatic carbocycles. The molecule has 1 aromatic rings. The van der Waals surface area contributed by atoms with Crippen LogP contribution in [0.15, 0.2) is 18.7 Å². The van der Waals surface area contributed by atoms with Crippen molar-refractivity contribution in [3.05, 3.63) is 24.3 Å². The average molecular weight is 223 g/mol. The van der Waals surface area contributed by atoms with Gasteiger partial charge in [-0.25, -0.2) is 9.97 Å². The molecular weight excluding hydrogens is 202 g/mol. The SMILES string of the molecule is CC(C)CCOCCNCc1cncnc1. The maximum atomic E-state index is 5.49. The van der Waals surface area contributed by atoms with E-state index >= 15 is 0 Å². The lowest BCUT2D eigenvalue weighted by molar-refractivity contribution is 0.125. The van der Waals surface area contributed by atoms with Crippen LogP contribution in [0.2, 0.25) is 0 Å². The summed E-state index contributed by atoms with van der Waals surface area (Å²) in [6.45, 7) is 7.70. The minimum absolute atomic E-state index is 0.717. The van der Waals surface area contributed by atoms with Crippen molar-refractivity contribution in [2.45, 2.75) is 26.8 Å². The summed E-state index contributed by atoms with van der Waals surface area (Å²) in [6, 6.07) is 0. The van der Waals surface area contributed by atoms with Gasteiger partial charge in [0, 0.05) is 37.7 Å². The molecule has 4 nitrogen and oxygen atoms in total. The highest BCUT2D eigenvalue weighted by molar-refractivity contribution is 5.01. The maximum Gasteiger partial charge on any atom is 0.115 e. The zero-order valence-corrected chi connectivity index (χ0v) is 10.1. The molecule has 0 saturated heterocycles. The number of rotatable bonds is 8. The van der Waals surface area contributed by atoms with Crippen LogP contribution in [0.3, 0.4) is 0 Å². The van der Waals surface area contributed by atoms with Gasteiger partial charge < -0.3 is 10.1 Å². The van der Waals surface area contributed by atoms with Crippen molar-refractivity contribution in [2.75, 3.05) is 19.8 Å². The van der Waals surface area contributed by atoms with Gasteiger partial charge in [0.05, 0.1) is 6.61 Å². The van der Waals surface area contributed by atoms with Crippen molar-refractivity contribution < 1.29 is 4.74 Å². The summed E-state index contributed by atoms with van der Waals surface area (Å²) in [5.74, 6) is 0.717. The van der Waals surface area contributed by atoms with Gasteiger partial charge in [-0.3, -0.25) is 0 Å². The Morgan fingerprint density at radius 2 is 2.00 bits per heavy atom. The molecule has 0 fully saturated rings. The Morgan fingerprint density at radius 1 is 1.25 bits per heavy atom. The molecule has 1 aromatic heterocycles. The third kappa shape index (κ3) is 6.48. The van der Waals surface area contributed by atoms with E-state index in [-0.39, 0.29) is 0 Å². The Bertz CT molecular complexity index is 264. The summed E-state index contributed by atoms with van der Waals surface area (Å²) in [7, 11) is 0. The number of hydrogen-bond acceptors (Lipinski definition) is 4. The van der Waals surface area contributed by atoms with Gasteiger partial charge in [-0.2, -0.15) is 0 Å². The van der Waals surface area contributed by atoms with Crippen molar-refractivity contribution in [1.82, 2.24) is 15.3 Å². The Labute approximate surface area is 97.5 Å². The Morgan fingerprint density at radius 3 is 2.69 bits per heavy atom. The molecule has 0 saturated carbocycles. The highest BCUT2D eigenvalue weighted by Crippen LogP contribution is 1.98. The smallest absolute Gasteiger partial charge is 0.115 e. The standard InChI is InChI=1S/C12H21N3O/c1-11(2)3-5-16-6-4-13-7-12-8-14-10-15-9-12/h8-11,13H,3-7H2,1-2H3. The predicted molar refractivity (Wildman–Crippen MR) is 64.0 cm³/mol. The first-order valence-electron chi connectivity index (χ1n) is 5.81. The Balaban J connectivity index is 1.93. The van der Waals surface area contributed by atoms with E-state index in [0.717, 1.165) is 44.2 Å². The third-order valence-corrected chi connectivity index (χ3v) is 2.21. The number of aromatic nitrogens is 2. The third-order valence-electron chi connectivity index (χ3n) is 2.21. The lowest BCUT2D eigenvalue weighted by atomic mass is 10.1. The molecule has 0 amide bonds. The van der Waals surface area contributed by atoms with Crippen molar-refractivity contribution in [3.63, 3.8) is 0 Å². The average Bonchev–Trinajstić information content (AvgIpc) is 2.29. The van der Waals surface area contributed by atoms with Crippen LogP contribution in [0.1, 0.15) is 25.8 Å². The van der Waals surface area contributed by atoms with Crippen molar-refractivity contribution in [1.29, 1.82) is 0 Å². The van der Waals surface area contributed by atoms with E-state index in [1.807, 2.05) is 12.4 Å². The molecule has 16 heavy (non-hydrogen) atoms. The first-order chi connectivity index (χ1) is 7.79. The summed E-state index contributed by atoms with van der Waals surface area (Å²) in [5, 5.41) is 3.28. The van der Waals surface area contributed by atoms with E-state index < -0.39 is 0 Å². The molecule has 0 radical (unpaired) electrons. The van der Waals surface area contributed by atoms with Gasteiger partial charge in [-0.15, -0.1) is 0 Å². The molecule has 0 aliphatic heterocycles. The second-order valence-electron chi connectivity index (χ2n) is 4.22. The van der Waals surface area contributed by atoms with Gasteiger partial charge in [0.15, 0.2) is 0 Å². The molecule has 0 aromatic carbocycles. The van der Waals surface area contributed by atoms with Gasteiger partial charge in [0.2, 0.25) is 0 Å². The van der Waals surface area contributed by atoms with Crippen LogP contribution in [0, 0.1) is 5.92 Å². The largest absolute Gasteiger partial charge is 0.380 e. The van der Waals surface area contributed by atoms with Gasteiger partial charge >= 0.3 is 0 Å². The molecule has 1 N–H and O–H groups in total. The molecule has 4 heteroatoms. The highest BCUT2D eigenvalue weighted by Gasteiger charge is 1.94. The lowest BCUT2D eigenvalue weighted by Gasteiger charge is -2.07. The van der Waals surface area contributed by atoms with E-state index in [1.165, 1.54) is 0 Å². The predicted octanol–water partition coefficient (Wildman–Crippen LogP) is 1.63. The quantitative estimate of drug-likeness (QED) is 0.680. The monoisotopic (exact) mass is 223 g/mol. The van der Waals surface area contributed by atoms with Crippen LogP contribution >= 0.6 is 0 Å². The lowest BCUT2D eigenvalue weighted by Crippen LogP contribution is -2.19. The summed E-state index contributed by atoms with van der Waals surface area (Å²) >= 11 is 0. The molecule has 1 rings (SSSR count). The first kappa shape index (κ1) is 13.1. The number of nitrogens with zero attached hydrogens (tertiary/aromatic N) is 2. The number of hydrogen-bond donors (Lipinski definition) is 1. The van der Waals surface area contributed by atoms with Gasteiger partial charge in [0.25, 0.3) is 0 Å². The van der Waals surface area contributed by atoms with Crippen LogP contribution in [0.4, 0.5) is 0 Å². The van der Waals surface area contributed by atoms with E-state index in [4.69, 9.17) is 4.74 Å². The molecule has 0 spiro atoms. The molecule has 1 heterocycles. The molecular formula is C12H21N3O. The van der Waals surface area contributed by atoms with Crippen LogP contribution in [0.25, 0.3) is 0 Å². The van der Waals surface area contributed by atoms with Crippen molar-refractivity contribution in [3.8, 4) is 0 Å². The normalized spacial score (nSPS) is 10.9. The van der Waals surface area contributed by atoms with E-state index in [9.17, 15) is 0 Å². The molecule has 0 atom stereocenters. The van der Waals surface area contributed by atoms with Crippen LogP contribution < -0.4 is 5.32 Å². The van der Waals surface area contributed by atoms with Crippen molar-refractivity contribution in [2.24, 2.45) is 5.92 Å². The minimum atomic E-state index is 0.717. The van der Waals surface area contributed by atoms with E-state index in [2.05, 4.69) is 29.1 Å². The van der Waals surface area contributed by atoms with Crippen LogP contribution in [0.5, 0.6) is 0 Å². The second kappa shape index (κ2) is 8.19. The summed E-state index contributed by atoms with van der Waals surface area (Å²) in [5.41, 5.74) is 1.10. The molecule has 0 aliphatic rings. The zero-order chi connectivity index (χ0) is 11.6.